The van der Waals surface area contributed by atoms with E-state index in [0.29, 0.717) is 32.4 Å². The van der Waals surface area contributed by atoms with Crippen molar-refractivity contribution in [2.24, 2.45) is 5.92 Å². The van der Waals surface area contributed by atoms with Crippen LogP contribution in [0.25, 0.3) is 0 Å². The van der Waals surface area contributed by atoms with Crippen molar-refractivity contribution in [3.05, 3.63) is 65.2 Å². The quantitative estimate of drug-likeness (QED) is 0.690. The number of urea groups is 1. The van der Waals surface area contributed by atoms with E-state index in [4.69, 9.17) is 0 Å². The van der Waals surface area contributed by atoms with E-state index in [1.807, 2.05) is 48.5 Å². The third-order valence-electron chi connectivity index (χ3n) is 7.92. The van der Waals surface area contributed by atoms with Crippen LogP contribution in [0.15, 0.2) is 48.5 Å². The molecule has 5 amide bonds. The minimum absolute atomic E-state index is 0.0208. The van der Waals surface area contributed by atoms with E-state index in [9.17, 15) is 19.2 Å². The molecule has 8 nitrogen and oxygen atoms in total. The number of likely N-dealkylation sites (tertiary alicyclic amines) is 1. The number of amides is 5. The van der Waals surface area contributed by atoms with E-state index in [2.05, 4.69) is 10.6 Å². The Bertz CT molecular complexity index is 1220. The molecule has 2 atom stereocenters. The summed E-state index contributed by atoms with van der Waals surface area (Å²) in [6.45, 7) is 0.756. The summed E-state index contributed by atoms with van der Waals surface area (Å²) in [5.74, 6) is -0.594. The normalized spacial score (nSPS) is 26.0. The molecule has 2 aromatic rings. The van der Waals surface area contributed by atoms with Crippen LogP contribution in [0.2, 0.25) is 0 Å². The first kappa shape index (κ1) is 20.9. The van der Waals surface area contributed by atoms with E-state index in [1.165, 1.54) is 0 Å². The van der Waals surface area contributed by atoms with Crippen molar-refractivity contribution in [2.75, 3.05) is 25.0 Å². The first-order chi connectivity index (χ1) is 16.5. The lowest BCUT2D eigenvalue weighted by Crippen LogP contribution is -2.47. The highest BCUT2D eigenvalue weighted by Crippen LogP contribution is 2.42. The first-order valence-electron chi connectivity index (χ1n) is 11.9. The fourth-order valence-corrected chi connectivity index (χ4v) is 6.15. The minimum atomic E-state index is -1.05. The molecule has 2 aromatic carbocycles. The molecule has 174 valence electrons. The number of anilines is 1. The third-order valence-corrected chi connectivity index (χ3v) is 7.92. The fraction of sp³-hybridized carbons (Fsp3) is 0.385. The molecule has 2 N–H and O–H groups in total. The Hall–Kier alpha value is -3.68. The molecular formula is C26H26N4O4. The van der Waals surface area contributed by atoms with Crippen molar-refractivity contribution in [3.63, 3.8) is 0 Å². The van der Waals surface area contributed by atoms with E-state index < -0.39 is 11.6 Å². The van der Waals surface area contributed by atoms with Crippen LogP contribution in [0.1, 0.15) is 41.9 Å². The largest absolute Gasteiger partial charge is 0.341 e. The number of nitrogens with zero attached hydrogens (tertiary/aromatic N) is 2. The predicted octanol–water partition coefficient (Wildman–Crippen LogP) is 2.35. The van der Waals surface area contributed by atoms with Crippen LogP contribution in [-0.2, 0) is 26.3 Å². The molecule has 6 rings (SSSR count). The van der Waals surface area contributed by atoms with Crippen molar-refractivity contribution < 1.29 is 19.2 Å². The Morgan fingerprint density at radius 2 is 1.74 bits per heavy atom. The first-order valence-corrected chi connectivity index (χ1v) is 11.9. The second-order valence-corrected chi connectivity index (χ2v) is 9.66. The molecule has 0 radical (unpaired) electrons. The van der Waals surface area contributed by atoms with Crippen molar-refractivity contribution in [1.82, 2.24) is 15.1 Å². The van der Waals surface area contributed by atoms with Gasteiger partial charge in [-0.3, -0.25) is 19.3 Å². The number of hydrogen-bond donors (Lipinski definition) is 2. The number of benzene rings is 2. The number of aryl methyl sites for hydroxylation is 1. The Balaban J connectivity index is 1.11. The van der Waals surface area contributed by atoms with Gasteiger partial charge >= 0.3 is 6.03 Å². The van der Waals surface area contributed by atoms with Crippen LogP contribution >= 0.6 is 0 Å². The maximum absolute atomic E-state index is 13.3. The number of hydrogen-bond acceptors (Lipinski definition) is 4. The Morgan fingerprint density at radius 1 is 1.00 bits per heavy atom. The molecule has 1 spiro atoms. The summed E-state index contributed by atoms with van der Waals surface area (Å²) < 4.78 is 0. The lowest BCUT2D eigenvalue weighted by atomic mass is 9.81. The topological polar surface area (TPSA) is 98.8 Å². The highest BCUT2D eigenvalue weighted by Gasteiger charge is 2.55. The SMILES string of the molecule is O=C1Nc2ccccc2C1C1CCN(C(=O)CN2C(=O)NC3(CCc4ccccc43)C2=O)CC1. The van der Waals surface area contributed by atoms with Gasteiger partial charge in [0, 0.05) is 18.8 Å². The van der Waals surface area contributed by atoms with Gasteiger partial charge in [-0.1, -0.05) is 42.5 Å². The summed E-state index contributed by atoms with van der Waals surface area (Å²) in [5.41, 5.74) is 2.74. The van der Waals surface area contributed by atoms with Crippen LogP contribution < -0.4 is 10.6 Å². The second-order valence-electron chi connectivity index (χ2n) is 9.66. The molecular weight excluding hydrogens is 432 g/mol. The van der Waals surface area contributed by atoms with Crippen LogP contribution in [0.5, 0.6) is 0 Å². The molecule has 1 aliphatic carbocycles. The van der Waals surface area contributed by atoms with E-state index in [-0.39, 0.29) is 36.1 Å². The standard InChI is InChI=1S/C26H26N4O4/c31-21(15-30-24(33)26(28-25(30)34)12-9-16-5-1-3-7-19(16)26)29-13-10-17(11-14-29)22-18-6-2-4-8-20(18)27-23(22)32/h1-8,17,22H,9-15H2,(H,27,32)(H,28,34). The smallest absolute Gasteiger partial charge is 0.325 e. The van der Waals surface area contributed by atoms with Gasteiger partial charge in [0.05, 0.1) is 5.92 Å². The molecule has 0 bridgehead atoms. The molecule has 4 aliphatic rings. The number of fused-ring (bicyclic) bond motifs is 3. The zero-order valence-electron chi connectivity index (χ0n) is 18.8. The number of nitrogens with one attached hydrogen (secondary N) is 2. The van der Waals surface area contributed by atoms with Crippen LogP contribution in [0, 0.1) is 5.92 Å². The highest BCUT2D eigenvalue weighted by atomic mass is 16.2. The summed E-state index contributed by atoms with van der Waals surface area (Å²) in [6.07, 6.45) is 2.64. The Kier molecular flexibility index (Phi) is 4.72. The van der Waals surface area contributed by atoms with Crippen molar-refractivity contribution in [1.29, 1.82) is 0 Å². The lowest BCUT2D eigenvalue weighted by molar-refractivity contribution is -0.140. The molecule has 0 saturated carbocycles. The summed E-state index contributed by atoms with van der Waals surface area (Å²) in [7, 11) is 0. The van der Waals surface area contributed by atoms with Crippen molar-refractivity contribution in [2.45, 2.75) is 37.1 Å². The number of carbonyl (C=O) groups excluding carboxylic acids is 4. The lowest BCUT2D eigenvalue weighted by Gasteiger charge is -2.34. The van der Waals surface area contributed by atoms with Crippen LogP contribution in [-0.4, -0.2) is 53.2 Å². The molecule has 2 fully saturated rings. The number of imide groups is 1. The number of carbonyl (C=O) groups is 4. The zero-order chi connectivity index (χ0) is 23.4. The number of para-hydroxylation sites is 1. The highest BCUT2D eigenvalue weighted by molar-refractivity contribution is 6.10. The zero-order valence-corrected chi connectivity index (χ0v) is 18.8. The summed E-state index contributed by atoms with van der Waals surface area (Å²) in [4.78, 5) is 54.5. The molecule has 3 heterocycles. The summed E-state index contributed by atoms with van der Waals surface area (Å²) in [6, 6.07) is 14.9. The molecule has 34 heavy (non-hydrogen) atoms. The van der Waals surface area contributed by atoms with Gasteiger partial charge in [-0.25, -0.2) is 4.79 Å². The molecule has 3 aliphatic heterocycles. The molecule has 0 aromatic heterocycles. The van der Waals surface area contributed by atoms with Crippen molar-refractivity contribution >= 4 is 29.4 Å². The van der Waals surface area contributed by atoms with E-state index >= 15 is 0 Å². The molecule has 2 unspecified atom stereocenters. The Labute approximate surface area is 197 Å². The van der Waals surface area contributed by atoms with Gasteiger partial charge in [-0.15, -0.1) is 0 Å². The summed E-state index contributed by atoms with van der Waals surface area (Å²) in [5, 5.41) is 5.83. The number of piperidine rings is 1. The van der Waals surface area contributed by atoms with Crippen LogP contribution in [0.4, 0.5) is 10.5 Å². The van der Waals surface area contributed by atoms with Gasteiger partial charge in [0.15, 0.2) is 0 Å². The minimum Gasteiger partial charge on any atom is -0.341 e. The predicted molar refractivity (Wildman–Crippen MR) is 124 cm³/mol. The number of rotatable bonds is 3. The van der Waals surface area contributed by atoms with E-state index in [0.717, 1.165) is 33.7 Å². The molecule has 2 saturated heterocycles. The van der Waals surface area contributed by atoms with Gasteiger partial charge in [0.1, 0.15) is 12.1 Å². The average molecular weight is 459 g/mol. The molecule has 8 heteroatoms. The summed E-state index contributed by atoms with van der Waals surface area (Å²) >= 11 is 0. The van der Waals surface area contributed by atoms with Gasteiger partial charge < -0.3 is 15.5 Å². The maximum Gasteiger partial charge on any atom is 0.325 e. The maximum atomic E-state index is 13.3. The average Bonchev–Trinajstić information content (AvgIpc) is 3.47. The fourth-order valence-electron chi connectivity index (χ4n) is 6.15. The monoisotopic (exact) mass is 458 g/mol. The van der Waals surface area contributed by atoms with Gasteiger partial charge in [0.25, 0.3) is 5.91 Å². The van der Waals surface area contributed by atoms with Gasteiger partial charge in [-0.05, 0) is 54.4 Å². The Morgan fingerprint density at radius 3 is 2.56 bits per heavy atom. The van der Waals surface area contributed by atoms with Gasteiger partial charge in [-0.2, -0.15) is 0 Å². The van der Waals surface area contributed by atoms with Gasteiger partial charge in [0.2, 0.25) is 11.8 Å². The van der Waals surface area contributed by atoms with E-state index in [1.54, 1.807) is 4.90 Å². The van der Waals surface area contributed by atoms with Crippen LogP contribution in [0.3, 0.4) is 0 Å². The third kappa shape index (κ3) is 3.04. The van der Waals surface area contributed by atoms with Crippen molar-refractivity contribution in [3.8, 4) is 0 Å². The second kappa shape index (κ2) is 7.68.